The highest BCUT2D eigenvalue weighted by Gasteiger charge is 2.23. The van der Waals surface area contributed by atoms with Gasteiger partial charge in [0.15, 0.2) is 0 Å². The van der Waals surface area contributed by atoms with Gasteiger partial charge in [-0.25, -0.2) is 0 Å². The molecule has 0 bridgehead atoms. The van der Waals surface area contributed by atoms with Crippen molar-refractivity contribution in [1.82, 2.24) is 4.90 Å². The van der Waals surface area contributed by atoms with Gasteiger partial charge in [-0.1, -0.05) is 36.8 Å². The number of aliphatic hydroxyl groups is 1. The molecule has 0 saturated carbocycles. The molecule has 0 spiro atoms. The molecular weight excluding hydrogens is 198 g/mol. The van der Waals surface area contributed by atoms with Crippen LogP contribution in [0, 0.1) is 12.8 Å². The summed E-state index contributed by atoms with van der Waals surface area (Å²) >= 11 is 0. The number of aryl methyl sites for hydroxylation is 1. The number of rotatable bonds is 2. The van der Waals surface area contributed by atoms with E-state index in [1.165, 1.54) is 11.1 Å². The molecule has 1 heterocycles. The van der Waals surface area contributed by atoms with E-state index >= 15 is 0 Å². The number of likely N-dealkylation sites (tertiary alicyclic amines) is 1. The molecule has 2 nitrogen and oxygen atoms in total. The van der Waals surface area contributed by atoms with Crippen molar-refractivity contribution in [2.24, 2.45) is 5.92 Å². The number of hydrogen-bond donors (Lipinski definition) is 1. The fraction of sp³-hybridized carbons (Fsp3) is 0.571. The molecule has 0 amide bonds. The Hall–Kier alpha value is -0.860. The summed E-state index contributed by atoms with van der Waals surface area (Å²) in [5.41, 5.74) is 2.70. The van der Waals surface area contributed by atoms with Gasteiger partial charge in [-0.3, -0.25) is 4.90 Å². The molecule has 1 saturated heterocycles. The van der Waals surface area contributed by atoms with Gasteiger partial charge in [0, 0.05) is 19.6 Å². The fourth-order valence-electron chi connectivity index (χ4n) is 2.43. The van der Waals surface area contributed by atoms with Crippen LogP contribution in [0.25, 0.3) is 0 Å². The summed E-state index contributed by atoms with van der Waals surface area (Å²) in [6.07, 6.45) is 0.807. The minimum absolute atomic E-state index is 0.103. The molecule has 0 aromatic heterocycles. The predicted molar refractivity (Wildman–Crippen MR) is 66.2 cm³/mol. The predicted octanol–water partition coefficient (Wildman–Crippen LogP) is 2.20. The van der Waals surface area contributed by atoms with Crippen molar-refractivity contribution in [2.45, 2.75) is 32.9 Å². The molecule has 1 N–H and O–H groups in total. The quantitative estimate of drug-likeness (QED) is 0.824. The van der Waals surface area contributed by atoms with E-state index in [1.807, 2.05) is 0 Å². The Kier molecular flexibility index (Phi) is 3.62. The SMILES string of the molecule is Cc1cccc(CN2CC[C@H](O)[C@H](C)C2)c1. The van der Waals surface area contributed by atoms with Gasteiger partial charge in [0.2, 0.25) is 0 Å². The molecule has 1 aromatic rings. The Morgan fingerprint density at radius 2 is 2.25 bits per heavy atom. The van der Waals surface area contributed by atoms with Crippen LogP contribution in [0.15, 0.2) is 24.3 Å². The van der Waals surface area contributed by atoms with Crippen molar-refractivity contribution in [2.75, 3.05) is 13.1 Å². The maximum atomic E-state index is 9.68. The zero-order chi connectivity index (χ0) is 11.5. The molecule has 2 heteroatoms. The van der Waals surface area contributed by atoms with Gasteiger partial charge in [-0.15, -0.1) is 0 Å². The highest BCUT2D eigenvalue weighted by atomic mass is 16.3. The van der Waals surface area contributed by atoms with Crippen molar-refractivity contribution in [3.8, 4) is 0 Å². The molecular formula is C14H21NO. The first-order chi connectivity index (χ1) is 7.65. The molecule has 0 radical (unpaired) electrons. The summed E-state index contributed by atoms with van der Waals surface area (Å²) in [7, 11) is 0. The van der Waals surface area contributed by atoms with Crippen LogP contribution in [-0.4, -0.2) is 29.2 Å². The molecule has 2 rings (SSSR count). The monoisotopic (exact) mass is 219 g/mol. The van der Waals surface area contributed by atoms with E-state index in [9.17, 15) is 5.11 Å². The van der Waals surface area contributed by atoms with Gasteiger partial charge >= 0.3 is 0 Å². The van der Waals surface area contributed by atoms with Gasteiger partial charge < -0.3 is 5.11 Å². The summed E-state index contributed by atoms with van der Waals surface area (Å²) in [6.45, 7) is 7.30. The minimum Gasteiger partial charge on any atom is -0.393 e. The molecule has 0 unspecified atom stereocenters. The molecule has 1 aliphatic rings. The Bertz CT molecular complexity index is 350. The van der Waals surface area contributed by atoms with E-state index in [0.29, 0.717) is 5.92 Å². The Morgan fingerprint density at radius 1 is 1.44 bits per heavy atom. The Balaban J connectivity index is 1.95. The first-order valence-electron chi connectivity index (χ1n) is 6.11. The van der Waals surface area contributed by atoms with E-state index in [4.69, 9.17) is 0 Å². The zero-order valence-electron chi connectivity index (χ0n) is 10.2. The normalized spacial score (nSPS) is 26.9. The van der Waals surface area contributed by atoms with Crippen molar-refractivity contribution in [3.63, 3.8) is 0 Å². The second-order valence-corrected chi connectivity index (χ2v) is 5.06. The first-order valence-corrected chi connectivity index (χ1v) is 6.11. The van der Waals surface area contributed by atoms with Gasteiger partial charge in [-0.2, -0.15) is 0 Å². The third-order valence-corrected chi connectivity index (χ3v) is 3.43. The summed E-state index contributed by atoms with van der Waals surface area (Å²) < 4.78 is 0. The van der Waals surface area contributed by atoms with E-state index in [2.05, 4.69) is 43.0 Å². The largest absolute Gasteiger partial charge is 0.393 e. The van der Waals surface area contributed by atoms with Crippen LogP contribution < -0.4 is 0 Å². The summed E-state index contributed by atoms with van der Waals surface area (Å²) in [5.74, 6) is 0.401. The van der Waals surface area contributed by atoms with Gasteiger partial charge in [-0.05, 0) is 24.8 Å². The number of aliphatic hydroxyl groups excluding tert-OH is 1. The average molecular weight is 219 g/mol. The third kappa shape index (κ3) is 2.83. The maximum absolute atomic E-state index is 9.68. The van der Waals surface area contributed by atoms with Crippen molar-refractivity contribution < 1.29 is 5.11 Å². The summed E-state index contributed by atoms with van der Waals surface area (Å²) in [4.78, 5) is 2.44. The zero-order valence-corrected chi connectivity index (χ0v) is 10.2. The molecule has 1 aromatic carbocycles. The highest BCUT2D eigenvalue weighted by molar-refractivity contribution is 5.22. The topological polar surface area (TPSA) is 23.5 Å². The summed E-state index contributed by atoms with van der Waals surface area (Å²) in [5, 5.41) is 9.68. The van der Waals surface area contributed by atoms with Gasteiger partial charge in [0.25, 0.3) is 0 Å². The molecule has 2 atom stereocenters. The molecule has 1 fully saturated rings. The number of hydrogen-bond acceptors (Lipinski definition) is 2. The lowest BCUT2D eigenvalue weighted by molar-refractivity contribution is 0.0320. The Labute approximate surface area is 97.9 Å². The van der Waals surface area contributed by atoms with Crippen molar-refractivity contribution >= 4 is 0 Å². The number of piperidine rings is 1. The van der Waals surface area contributed by atoms with E-state index in [1.54, 1.807) is 0 Å². The maximum Gasteiger partial charge on any atom is 0.0590 e. The van der Waals surface area contributed by atoms with E-state index < -0.39 is 0 Å². The molecule has 1 aliphatic heterocycles. The van der Waals surface area contributed by atoms with Crippen LogP contribution >= 0.6 is 0 Å². The summed E-state index contributed by atoms with van der Waals surface area (Å²) in [6, 6.07) is 8.68. The average Bonchev–Trinajstić information content (AvgIpc) is 2.24. The second kappa shape index (κ2) is 4.98. The van der Waals surface area contributed by atoms with Crippen LogP contribution in [0.1, 0.15) is 24.5 Å². The van der Waals surface area contributed by atoms with Gasteiger partial charge in [0.05, 0.1) is 6.10 Å². The van der Waals surface area contributed by atoms with Crippen LogP contribution in [0.3, 0.4) is 0 Å². The third-order valence-electron chi connectivity index (χ3n) is 3.43. The van der Waals surface area contributed by atoms with Crippen LogP contribution in [0.2, 0.25) is 0 Å². The van der Waals surface area contributed by atoms with E-state index in [-0.39, 0.29) is 6.10 Å². The number of nitrogens with zero attached hydrogens (tertiary/aromatic N) is 1. The van der Waals surface area contributed by atoms with E-state index in [0.717, 1.165) is 26.1 Å². The van der Waals surface area contributed by atoms with Crippen LogP contribution in [0.5, 0.6) is 0 Å². The fourth-order valence-corrected chi connectivity index (χ4v) is 2.43. The Morgan fingerprint density at radius 3 is 2.94 bits per heavy atom. The minimum atomic E-state index is -0.103. The first kappa shape index (κ1) is 11.6. The van der Waals surface area contributed by atoms with Crippen molar-refractivity contribution in [3.05, 3.63) is 35.4 Å². The lowest BCUT2D eigenvalue weighted by Crippen LogP contribution is -2.41. The lowest BCUT2D eigenvalue weighted by atomic mass is 9.96. The molecule has 0 aliphatic carbocycles. The van der Waals surface area contributed by atoms with Gasteiger partial charge in [0.1, 0.15) is 0 Å². The smallest absolute Gasteiger partial charge is 0.0590 e. The second-order valence-electron chi connectivity index (χ2n) is 5.06. The standard InChI is InChI=1S/C14H21NO/c1-11-4-3-5-13(8-11)10-15-7-6-14(16)12(2)9-15/h3-5,8,12,14,16H,6-7,9-10H2,1-2H3/t12-,14+/m1/s1. The van der Waals surface area contributed by atoms with Crippen molar-refractivity contribution in [1.29, 1.82) is 0 Å². The molecule has 16 heavy (non-hydrogen) atoms. The van der Waals surface area contributed by atoms with Crippen LogP contribution in [0.4, 0.5) is 0 Å². The lowest BCUT2D eigenvalue weighted by Gasteiger charge is -2.34. The van der Waals surface area contributed by atoms with Crippen LogP contribution in [-0.2, 0) is 6.54 Å². The number of benzene rings is 1. The highest BCUT2D eigenvalue weighted by Crippen LogP contribution is 2.18. The molecule has 88 valence electrons.